The highest BCUT2D eigenvalue weighted by Crippen LogP contribution is 2.20. The fourth-order valence-electron chi connectivity index (χ4n) is 2.20. The summed E-state index contributed by atoms with van der Waals surface area (Å²) in [7, 11) is 0. The van der Waals surface area contributed by atoms with Crippen molar-refractivity contribution >= 4 is 11.5 Å². The van der Waals surface area contributed by atoms with Gasteiger partial charge >= 0.3 is 0 Å². The quantitative estimate of drug-likeness (QED) is 0.887. The molecule has 0 bridgehead atoms. The summed E-state index contributed by atoms with van der Waals surface area (Å²) < 4.78 is 14.1. The van der Waals surface area contributed by atoms with Crippen LogP contribution in [0.15, 0.2) is 23.2 Å². The second-order valence-electron chi connectivity index (χ2n) is 4.35. The molecule has 0 spiro atoms. The van der Waals surface area contributed by atoms with Gasteiger partial charge in [-0.05, 0) is 38.5 Å². The number of hydrogen-bond acceptors (Lipinski definition) is 3. The molecule has 0 unspecified atom stereocenters. The van der Waals surface area contributed by atoms with Gasteiger partial charge in [0.05, 0.1) is 5.69 Å². The maximum atomic E-state index is 14.1. The number of rotatable bonds is 4. The highest BCUT2D eigenvalue weighted by atomic mass is 19.1. The maximum Gasteiger partial charge on any atom is 0.147 e. The predicted molar refractivity (Wildman–Crippen MR) is 74.0 cm³/mol. The Balaban J connectivity index is 2.26. The summed E-state index contributed by atoms with van der Waals surface area (Å²) in [6.07, 6.45) is 1.05. The molecular formula is C14H20FN3. The van der Waals surface area contributed by atoms with Crippen molar-refractivity contribution in [2.45, 2.75) is 20.3 Å². The molecule has 0 saturated carbocycles. The third kappa shape index (κ3) is 2.63. The monoisotopic (exact) mass is 249 g/mol. The lowest BCUT2D eigenvalue weighted by Crippen LogP contribution is -2.30. The van der Waals surface area contributed by atoms with Crippen molar-refractivity contribution in [2.24, 2.45) is 4.99 Å². The molecule has 1 aromatic carbocycles. The van der Waals surface area contributed by atoms with Gasteiger partial charge in [0.25, 0.3) is 0 Å². The van der Waals surface area contributed by atoms with E-state index in [1.807, 2.05) is 30.9 Å². The van der Waals surface area contributed by atoms with Gasteiger partial charge in [0.2, 0.25) is 0 Å². The highest BCUT2D eigenvalue weighted by Gasteiger charge is 2.12. The van der Waals surface area contributed by atoms with Crippen molar-refractivity contribution in [3.8, 4) is 0 Å². The van der Waals surface area contributed by atoms with Crippen molar-refractivity contribution in [1.82, 2.24) is 5.32 Å². The zero-order chi connectivity index (χ0) is 13.0. The van der Waals surface area contributed by atoms with E-state index in [0.717, 1.165) is 44.0 Å². The van der Waals surface area contributed by atoms with Crippen LogP contribution in [0.3, 0.4) is 0 Å². The first-order valence-electron chi connectivity index (χ1n) is 6.59. The lowest BCUT2D eigenvalue weighted by molar-refractivity contribution is 0.619. The maximum absolute atomic E-state index is 14.1. The van der Waals surface area contributed by atoms with Gasteiger partial charge < -0.3 is 10.2 Å². The summed E-state index contributed by atoms with van der Waals surface area (Å²) in [4.78, 5) is 6.39. The average Bonchev–Trinajstić information content (AvgIpc) is 2.43. The molecule has 0 atom stereocenters. The SMILES string of the molecule is CCN(CC)c1ccc(C2=NCCCN2)cc1F. The van der Waals surface area contributed by atoms with E-state index in [1.54, 1.807) is 6.07 Å². The van der Waals surface area contributed by atoms with Crippen molar-refractivity contribution in [3.05, 3.63) is 29.6 Å². The van der Waals surface area contributed by atoms with Gasteiger partial charge in [-0.3, -0.25) is 4.99 Å². The number of anilines is 1. The number of benzene rings is 1. The molecule has 1 aliphatic rings. The molecule has 0 fully saturated rings. The molecule has 98 valence electrons. The minimum Gasteiger partial charge on any atom is -0.370 e. The molecule has 1 aliphatic heterocycles. The molecule has 0 aromatic heterocycles. The van der Waals surface area contributed by atoms with Crippen LogP contribution in [0.2, 0.25) is 0 Å². The van der Waals surface area contributed by atoms with Crippen molar-refractivity contribution in [2.75, 3.05) is 31.1 Å². The Labute approximate surface area is 108 Å². The predicted octanol–water partition coefficient (Wildman–Crippen LogP) is 2.41. The van der Waals surface area contributed by atoms with Crippen LogP contribution in [0.25, 0.3) is 0 Å². The van der Waals surface area contributed by atoms with E-state index in [0.29, 0.717) is 5.69 Å². The number of amidine groups is 1. The van der Waals surface area contributed by atoms with Gasteiger partial charge in [-0.25, -0.2) is 4.39 Å². The second-order valence-corrected chi connectivity index (χ2v) is 4.35. The van der Waals surface area contributed by atoms with Crippen LogP contribution in [0.5, 0.6) is 0 Å². The van der Waals surface area contributed by atoms with Crippen LogP contribution in [-0.2, 0) is 0 Å². The van der Waals surface area contributed by atoms with E-state index in [1.165, 1.54) is 0 Å². The fourth-order valence-corrected chi connectivity index (χ4v) is 2.20. The van der Waals surface area contributed by atoms with Gasteiger partial charge in [-0.15, -0.1) is 0 Å². The number of nitrogens with zero attached hydrogens (tertiary/aromatic N) is 2. The van der Waals surface area contributed by atoms with Gasteiger partial charge in [-0.1, -0.05) is 0 Å². The molecule has 4 heteroatoms. The Morgan fingerprint density at radius 2 is 2.11 bits per heavy atom. The average molecular weight is 249 g/mol. The summed E-state index contributed by atoms with van der Waals surface area (Å²) in [5.41, 5.74) is 1.50. The standard InChI is InChI=1S/C14H20FN3/c1-3-18(4-2)13-7-6-11(10-12(13)15)14-16-8-5-9-17-14/h6-7,10H,3-5,8-9H2,1-2H3,(H,16,17). The Hall–Kier alpha value is -1.58. The summed E-state index contributed by atoms with van der Waals surface area (Å²) in [6.45, 7) is 7.42. The molecule has 1 heterocycles. The smallest absolute Gasteiger partial charge is 0.147 e. The number of halogens is 1. The molecule has 1 aromatic rings. The minimum absolute atomic E-state index is 0.175. The van der Waals surface area contributed by atoms with Crippen LogP contribution in [-0.4, -0.2) is 32.0 Å². The molecule has 0 saturated heterocycles. The number of aliphatic imine (C=N–C) groups is 1. The summed E-state index contributed by atoms with van der Waals surface area (Å²) >= 11 is 0. The summed E-state index contributed by atoms with van der Waals surface area (Å²) in [5.74, 6) is 0.637. The van der Waals surface area contributed by atoms with E-state index in [9.17, 15) is 4.39 Å². The third-order valence-electron chi connectivity index (χ3n) is 3.22. The highest BCUT2D eigenvalue weighted by molar-refractivity contribution is 5.99. The fraction of sp³-hybridized carbons (Fsp3) is 0.500. The van der Waals surface area contributed by atoms with Crippen LogP contribution < -0.4 is 10.2 Å². The van der Waals surface area contributed by atoms with Crippen molar-refractivity contribution in [3.63, 3.8) is 0 Å². The first-order valence-corrected chi connectivity index (χ1v) is 6.59. The summed E-state index contributed by atoms with van der Waals surface area (Å²) in [5, 5.41) is 3.21. The Morgan fingerprint density at radius 3 is 2.67 bits per heavy atom. The Bertz CT molecular complexity index is 439. The Morgan fingerprint density at radius 1 is 1.33 bits per heavy atom. The molecule has 0 amide bonds. The van der Waals surface area contributed by atoms with E-state index in [-0.39, 0.29) is 5.82 Å². The first-order chi connectivity index (χ1) is 8.76. The van der Waals surface area contributed by atoms with Crippen molar-refractivity contribution in [1.29, 1.82) is 0 Å². The van der Waals surface area contributed by atoms with E-state index in [4.69, 9.17) is 0 Å². The lowest BCUT2D eigenvalue weighted by atomic mass is 10.1. The zero-order valence-corrected chi connectivity index (χ0v) is 11.0. The molecular weight excluding hydrogens is 229 g/mol. The Kier molecular flexibility index (Phi) is 4.18. The molecule has 2 rings (SSSR count). The van der Waals surface area contributed by atoms with E-state index in [2.05, 4.69) is 10.3 Å². The van der Waals surface area contributed by atoms with Crippen LogP contribution in [0.4, 0.5) is 10.1 Å². The first kappa shape index (κ1) is 12.9. The number of nitrogens with one attached hydrogen (secondary N) is 1. The van der Waals surface area contributed by atoms with Gasteiger partial charge in [-0.2, -0.15) is 0 Å². The topological polar surface area (TPSA) is 27.6 Å². The molecule has 1 N–H and O–H groups in total. The molecule has 0 aliphatic carbocycles. The molecule has 18 heavy (non-hydrogen) atoms. The molecule has 0 radical (unpaired) electrons. The largest absolute Gasteiger partial charge is 0.370 e. The second kappa shape index (κ2) is 5.85. The lowest BCUT2D eigenvalue weighted by Gasteiger charge is -2.22. The van der Waals surface area contributed by atoms with E-state index >= 15 is 0 Å². The third-order valence-corrected chi connectivity index (χ3v) is 3.22. The van der Waals surface area contributed by atoms with Gasteiger partial charge in [0.1, 0.15) is 11.7 Å². The van der Waals surface area contributed by atoms with Gasteiger partial charge in [0.15, 0.2) is 0 Å². The van der Waals surface area contributed by atoms with Crippen molar-refractivity contribution < 1.29 is 4.39 Å². The minimum atomic E-state index is -0.175. The summed E-state index contributed by atoms with van der Waals surface area (Å²) in [6, 6.07) is 5.36. The van der Waals surface area contributed by atoms with Crippen LogP contribution in [0.1, 0.15) is 25.8 Å². The normalized spacial score (nSPS) is 14.9. The van der Waals surface area contributed by atoms with Gasteiger partial charge in [0, 0.05) is 31.7 Å². The van der Waals surface area contributed by atoms with Crippen LogP contribution in [0, 0.1) is 5.82 Å². The number of hydrogen-bond donors (Lipinski definition) is 1. The molecule has 3 nitrogen and oxygen atoms in total. The van der Waals surface area contributed by atoms with Crippen LogP contribution >= 0.6 is 0 Å². The van der Waals surface area contributed by atoms with E-state index < -0.39 is 0 Å². The zero-order valence-electron chi connectivity index (χ0n) is 11.0.